The number of nitrogens with zero attached hydrogens (tertiary/aromatic N) is 2. The van der Waals surface area contributed by atoms with Crippen LogP contribution in [0.2, 0.25) is 0 Å². The molecule has 2 nitrogen and oxygen atoms in total. The molecule has 2 heteroatoms. The van der Waals surface area contributed by atoms with Gasteiger partial charge >= 0.3 is 0 Å². The van der Waals surface area contributed by atoms with E-state index in [2.05, 4.69) is 174 Å². The van der Waals surface area contributed by atoms with Crippen molar-refractivity contribution in [1.29, 1.82) is 0 Å². The molecule has 1 spiro atoms. The van der Waals surface area contributed by atoms with E-state index in [-0.39, 0.29) is 0 Å². The van der Waals surface area contributed by atoms with Crippen molar-refractivity contribution >= 4 is 32.6 Å². The van der Waals surface area contributed by atoms with Gasteiger partial charge in [-0.15, -0.1) is 0 Å². The maximum atomic E-state index is 5.30. The van der Waals surface area contributed by atoms with Crippen molar-refractivity contribution in [2.45, 2.75) is 5.41 Å². The van der Waals surface area contributed by atoms with E-state index in [1.165, 1.54) is 77.3 Å². The summed E-state index contributed by atoms with van der Waals surface area (Å²) < 4.78 is 2.40. The van der Waals surface area contributed by atoms with E-state index in [1.54, 1.807) is 0 Å². The van der Waals surface area contributed by atoms with E-state index in [4.69, 9.17) is 4.98 Å². The summed E-state index contributed by atoms with van der Waals surface area (Å²) >= 11 is 0. The fourth-order valence-corrected chi connectivity index (χ4v) is 8.81. The van der Waals surface area contributed by atoms with Gasteiger partial charge < -0.3 is 0 Å². The second kappa shape index (κ2) is 9.40. The number of fused-ring (bicyclic) bond motifs is 12. The lowest BCUT2D eigenvalue weighted by Crippen LogP contribution is -2.33. The van der Waals surface area contributed by atoms with Crippen LogP contribution in [0.3, 0.4) is 0 Å². The zero-order valence-corrected chi connectivity index (χ0v) is 26.1. The second-order valence-corrected chi connectivity index (χ2v) is 13.1. The third kappa shape index (κ3) is 3.24. The molecule has 1 unspecified atom stereocenters. The first kappa shape index (κ1) is 25.9. The van der Waals surface area contributed by atoms with Gasteiger partial charge in [-0.1, -0.05) is 146 Å². The van der Waals surface area contributed by atoms with Crippen LogP contribution in [0, 0.1) is 0 Å². The number of imidazole rings is 1. The zero-order chi connectivity index (χ0) is 31.4. The molecule has 0 N–H and O–H groups in total. The molecule has 1 aliphatic heterocycles. The minimum absolute atomic E-state index is 0.491. The van der Waals surface area contributed by atoms with Crippen LogP contribution in [0.4, 0.5) is 0 Å². The van der Waals surface area contributed by atoms with Crippen molar-refractivity contribution in [2.75, 3.05) is 0 Å². The van der Waals surface area contributed by atoms with Crippen LogP contribution in [-0.2, 0) is 5.41 Å². The summed E-state index contributed by atoms with van der Waals surface area (Å²) in [5.74, 6) is 0.976. The molecule has 0 radical (unpaired) electrons. The van der Waals surface area contributed by atoms with E-state index in [9.17, 15) is 0 Å². The minimum atomic E-state index is -0.491. The Balaban J connectivity index is 1.22. The summed E-state index contributed by atoms with van der Waals surface area (Å²) in [5, 5.41) is 5.12. The van der Waals surface area contributed by atoms with Crippen molar-refractivity contribution in [1.82, 2.24) is 9.55 Å². The van der Waals surface area contributed by atoms with Crippen LogP contribution >= 0.6 is 0 Å². The third-order valence-electron chi connectivity index (χ3n) is 10.8. The molecule has 1 aromatic heterocycles. The fourth-order valence-electron chi connectivity index (χ4n) is 8.81. The molecule has 1 atom stereocenters. The summed E-state index contributed by atoms with van der Waals surface area (Å²) in [4.78, 5) is 5.30. The lowest BCUT2D eigenvalue weighted by molar-refractivity contribution is 0.746. The normalized spacial score (nSPS) is 15.6. The van der Waals surface area contributed by atoms with Gasteiger partial charge in [0, 0.05) is 5.56 Å². The molecule has 222 valence electrons. The van der Waals surface area contributed by atoms with Crippen molar-refractivity contribution in [3.63, 3.8) is 0 Å². The average molecular weight is 609 g/mol. The molecule has 48 heavy (non-hydrogen) atoms. The van der Waals surface area contributed by atoms with E-state index in [1.807, 2.05) is 0 Å². The van der Waals surface area contributed by atoms with Crippen LogP contribution in [-0.4, -0.2) is 9.55 Å². The first-order valence-corrected chi connectivity index (χ1v) is 16.6. The fraction of sp³-hybridized carbons (Fsp3) is 0.0217. The lowest BCUT2D eigenvalue weighted by atomic mass is 9.65. The third-order valence-corrected chi connectivity index (χ3v) is 10.8. The monoisotopic (exact) mass is 608 g/mol. The minimum Gasteiger partial charge on any atom is -0.292 e. The Morgan fingerprint density at radius 1 is 0.417 bits per heavy atom. The Hall–Kier alpha value is -6.25. The van der Waals surface area contributed by atoms with Crippen LogP contribution in [0.1, 0.15) is 22.3 Å². The molecule has 0 saturated carbocycles. The molecule has 11 rings (SSSR count). The molecular weight excluding hydrogens is 581 g/mol. The largest absolute Gasteiger partial charge is 0.292 e. The van der Waals surface area contributed by atoms with Gasteiger partial charge in [-0.25, -0.2) is 4.98 Å². The molecule has 0 bridgehead atoms. The maximum absolute atomic E-state index is 5.30. The van der Waals surface area contributed by atoms with Crippen molar-refractivity contribution < 1.29 is 0 Å². The van der Waals surface area contributed by atoms with E-state index in [0.717, 1.165) is 16.9 Å². The summed E-state index contributed by atoms with van der Waals surface area (Å²) in [5.41, 5.74) is 14.3. The van der Waals surface area contributed by atoms with Gasteiger partial charge in [-0.05, 0) is 90.3 Å². The van der Waals surface area contributed by atoms with Crippen LogP contribution in [0.15, 0.2) is 170 Å². The molecule has 2 aliphatic rings. The first-order chi connectivity index (χ1) is 23.8. The molecular formula is C46H28N2. The van der Waals surface area contributed by atoms with Crippen molar-refractivity contribution in [3.8, 4) is 39.3 Å². The van der Waals surface area contributed by atoms with Gasteiger partial charge in [0.05, 0.1) is 22.1 Å². The number of benzene rings is 8. The van der Waals surface area contributed by atoms with Crippen molar-refractivity contribution in [2.24, 2.45) is 0 Å². The number of hydrogen-bond acceptors (Lipinski definition) is 1. The number of hydrogen-bond donors (Lipinski definition) is 0. The lowest BCUT2D eigenvalue weighted by Gasteiger charge is -2.39. The molecule has 9 aromatic rings. The van der Waals surface area contributed by atoms with E-state index in [0.29, 0.717) is 0 Å². The van der Waals surface area contributed by atoms with Gasteiger partial charge in [-0.2, -0.15) is 0 Å². The van der Waals surface area contributed by atoms with Crippen LogP contribution in [0.25, 0.3) is 71.9 Å². The Morgan fingerprint density at radius 3 is 2.04 bits per heavy atom. The van der Waals surface area contributed by atoms with Crippen LogP contribution in [0.5, 0.6) is 0 Å². The van der Waals surface area contributed by atoms with Gasteiger partial charge in [0.15, 0.2) is 0 Å². The Morgan fingerprint density at radius 2 is 1.10 bits per heavy atom. The highest BCUT2D eigenvalue weighted by Gasteiger charge is 2.51. The Kier molecular flexibility index (Phi) is 5.07. The second-order valence-electron chi connectivity index (χ2n) is 13.1. The molecule has 2 heterocycles. The predicted octanol–water partition coefficient (Wildman–Crippen LogP) is 11.3. The van der Waals surface area contributed by atoms with Gasteiger partial charge in [0.2, 0.25) is 0 Å². The SMILES string of the molecule is c1ccc(-c2nc3cccc4c3n2-c2ccccc2C42c3ccccc3-c3ccc(-c4ccc5c(ccc6ccccc65)c4)cc32)cc1. The van der Waals surface area contributed by atoms with Crippen molar-refractivity contribution in [3.05, 3.63) is 192 Å². The predicted molar refractivity (Wildman–Crippen MR) is 198 cm³/mol. The topological polar surface area (TPSA) is 17.8 Å². The highest BCUT2D eigenvalue weighted by molar-refractivity contribution is 6.08. The summed E-state index contributed by atoms with van der Waals surface area (Å²) in [6, 6.07) is 62.5. The zero-order valence-electron chi connectivity index (χ0n) is 26.1. The molecule has 0 saturated heterocycles. The smallest absolute Gasteiger partial charge is 0.145 e. The summed E-state index contributed by atoms with van der Waals surface area (Å²) in [6.45, 7) is 0. The molecule has 8 aromatic carbocycles. The van der Waals surface area contributed by atoms with E-state index >= 15 is 0 Å². The van der Waals surface area contributed by atoms with Gasteiger partial charge in [0.1, 0.15) is 5.82 Å². The quantitative estimate of drug-likeness (QED) is 0.179. The Bertz CT molecular complexity index is 2790. The van der Waals surface area contributed by atoms with Gasteiger partial charge in [0.25, 0.3) is 0 Å². The standard InChI is InChI=1S/C46H28N2/c1-2-12-30(13-3-1)45-47-42-19-10-18-40-44(42)48(45)43-20-9-8-17-39(43)46(40)38-16-7-6-15-36(38)37-26-24-32(28-41(37)46)31-23-25-35-33(27-31)22-21-29-11-4-5-14-34(29)35/h1-28H. The molecule has 1 aliphatic carbocycles. The Labute approximate surface area is 278 Å². The van der Waals surface area contributed by atoms with Gasteiger partial charge in [-0.3, -0.25) is 4.57 Å². The highest BCUT2D eigenvalue weighted by atomic mass is 15.1. The highest BCUT2D eigenvalue weighted by Crippen LogP contribution is 2.61. The average Bonchev–Trinajstić information content (AvgIpc) is 3.69. The number of rotatable bonds is 2. The number of para-hydroxylation sites is 2. The molecule has 0 fully saturated rings. The summed E-state index contributed by atoms with van der Waals surface area (Å²) in [6.07, 6.45) is 0. The summed E-state index contributed by atoms with van der Waals surface area (Å²) in [7, 11) is 0. The first-order valence-electron chi connectivity index (χ1n) is 16.6. The molecule has 0 amide bonds. The number of aromatic nitrogens is 2. The van der Waals surface area contributed by atoms with Crippen LogP contribution < -0.4 is 0 Å². The maximum Gasteiger partial charge on any atom is 0.145 e. The van der Waals surface area contributed by atoms with E-state index < -0.39 is 5.41 Å².